The van der Waals surface area contributed by atoms with Crippen LogP contribution in [-0.4, -0.2) is 68.7 Å². The molecule has 2 fully saturated rings. The number of hydrogen-bond donors (Lipinski definition) is 1. The summed E-state index contributed by atoms with van der Waals surface area (Å²) in [4.78, 5) is 40.5. The van der Waals surface area contributed by atoms with E-state index in [1.165, 1.54) is 0 Å². The van der Waals surface area contributed by atoms with E-state index in [0.29, 0.717) is 24.4 Å². The minimum absolute atomic E-state index is 0.185. The molecule has 3 aliphatic rings. The van der Waals surface area contributed by atoms with Gasteiger partial charge in [0, 0.05) is 31.0 Å². The number of likely N-dealkylation sites (tertiary alicyclic amines) is 1. The van der Waals surface area contributed by atoms with Crippen LogP contribution in [0.4, 0.5) is 0 Å². The smallest absolute Gasteiger partial charge is 0.255 e. The lowest BCUT2D eigenvalue weighted by Gasteiger charge is -2.29. The number of amides is 3. The Morgan fingerprint density at radius 3 is 2.83 bits per heavy atom. The molecule has 2 saturated heterocycles. The van der Waals surface area contributed by atoms with Gasteiger partial charge in [-0.2, -0.15) is 0 Å². The van der Waals surface area contributed by atoms with Crippen LogP contribution in [0.25, 0.3) is 5.69 Å². The first kappa shape index (κ1) is 18.9. The molecule has 9 heteroatoms. The van der Waals surface area contributed by atoms with Crippen LogP contribution in [-0.2, 0) is 16.1 Å². The second kappa shape index (κ2) is 7.32. The van der Waals surface area contributed by atoms with Gasteiger partial charge >= 0.3 is 0 Å². The lowest BCUT2D eigenvalue weighted by Crippen LogP contribution is -2.52. The first-order valence-corrected chi connectivity index (χ1v) is 10.4. The van der Waals surface area contributed by atoms with E-state index in [1.807, 2.05) is 24.4 Å². The van der Waals surface area contributed by atoms with Crippen molar-refractivity contribution in [2.75, 3.05) is 20.1 Å². The topological polar surface area (TPSA) is 100 Å². The second-order valence-corrected chi connectivity index (χ2v) is 8.43. The number of imide groups is 1. The fourth-order valence-corrected chi connectivity index (χ4v) is 4.68. The Labute approximate surface area is 174 Å². The van der Waals surface area contributed by atoms with E-state index in [1.54, 1.807) is 9.58 Å². The van der Waals surface area contributed by atoms with Crippen molar-refractivity contribution in [3.05, 3.63) is 41.2 Å². The minimum Gasteiger partial charge on any atom is -0.322 e. The minimum atomic E-state index is -0.604. The van der Waals surface area contributed by atoms with Gasteiger partial charge in [-0.05, 0) is 50.6 Å². The zero-order valence-electron chi connectivity index (χ0n) is 16.9. The zero-order chi connectivity index (χ0) is 20.8. The standard InChI is InChI=1S/C21H24N6O3/c1-25-8-2-3-14(10-25)17-12-27(24-23-17)15-5-4-13-11-26(21(30)16(13)9-15)18-6-7-19(28)22-20(18)29/h4-5,9,12,14,18H,2-3,6-8,10-11H2,1H3,(H,22,28,29). The Morgan fingerprint density at radius 2 is 2.03 bits per heavy atom. The fraction of sp³-hybridized carbons (Fsp3) is 0.476. The molecule has 2 aromatic rings. The molecule has 1 aromatic carbocycles. The summed E-state index contributed by atoms with van der Waals surface area (Å²) >= 11 is 0. The maximum atomic E-state index is 13.0. The molecule has 5 rings (SSSR count). The van der Waals surface area contributed by atoms with E-state index < -0.39 is 11.9 Å². The number of hydrogen-bond acceptors (Lipinski definition) is 6. The summed E-state index contributed by atoms with van der Waals surface area (Å²) in [7, 11) is 2.12. The lowest BCUT2D eigenvalue weighted by molar-refractivity contribution is -0.136. The van der Waals surface area contributed by atoms with E-state index >= 15 is 0 Å². The zero-order valence-corrected chi connectivity index (χ0v) is 16.9. The molecule has 9 nitrogen and oxygen atoms in total. The highest BCUT2D eigenvalue weighted by atomic mass is 16.2. The SMILES string of the molecule is CN1CCCC(c2cn(-c3ccc4c(c3)C(=O)N(C3CCC(=O)NC3=O)C4)nn2)C1. The largest absolute Gasteiger partial charge is 0.322 e. The number of piperidine rings is 2. The number of nitrogens with one attached hydrogen (secondary N) is 1. The maximum Gasteiger partial charge on any atom is 0.255 e. The van der Waals surface area contributed by atoms with Crippen LogP contribution in [0.3, 0.4) is 0 Å². The molecule has 0 aliphatic carbocycles. The molecular weight excluding hydrogens is 384 g/mol. The molecule has 0 spiro atoms. The van der Waals surface area contributed by atoms with Crippen LogP contribution >= 0.6 is 0 Å². The number of rotatable bonds is 3. The van der Waals surface area contributed by atoms with Gasteiger partial charge in [-0.1, -0.05) is 11.3 Å². The summed E-state index contributed by atoms with van der Waals surface area (Å²) in [6.07, 6.45) is 4.81. The maximum absolute atomic E-state index is 13.0. The third kappa shape index (κ3) is 3.28. The Hall–Kier alpha value is -3.07. The van der Waals surface area contributed by atoms with Crippen LogP contribution in [0, 0.1) is 0 Å². The summed E-state index contributed by atoms with van der Waals surface area (Å²) in [6, 6.07) is 5.04. The average molecular weight is 408 g/mol. The van der Waals surface area contributed by atoms with Gasteiger partial charge in [0.15, 0.2) is 0 Å². The number of aromatic nitrogens is 3. The van der Waals surface area contributed by atoms with E-state index in [-0.39, 0.29) is 18.2 Å². The third-order valence-electron chi connectivity index (χ3n) is 6.33. The van der Waals surface area contributed by atoms with Crippen LogP contribution < -0.4 is 5.32 Å². The van der Waals surface area contributed by atoms with Crippen molar-refractivity contribution in [1.29, 1.82) is 0 Å². The van der Waals surface area contributed by atoms with Gasteiger partial charge in [-0.3, -0.25) is 19.7 Å². The highest BCUT2D eigenvalue weighted by Gasteiger charge is 2.39. The van der Waals surface area contributed by atoms with Gasteiger partial charge in [0.05, 0.1) is 17.6 Å². The van der Waals surface area contributed by atoms with Crippen molar-refractivity contribution in [2.24, 2.45) is 0 Å². The summed E-state index contributed by atoms with van der Waals surface area (Å²) in [6.45, 7) is 2.46. The molecule has 30 heavy (non-hydrogen) atoms. The van der Waals surface area contributed by atoms with Crippen molar-refractivity contribution in [3.63, 3.8) is 0 Å². The van der Waals surface area contributed by atoms with Crippen LogP contribution in [0.2, 0.25) is 0 Å². The predicted octanol–water partition coefficient (Wildman–Crippen LogP) is 0.837. The summed E-state index contributed by atoms with van der Waals surface area (Å²) < 4.78 is 1.71. The summed E-state index contributed by atoms with van der Waals surface area (Å²) in [5.41, 5.74) is 3.20. The highest BCUT2D eigenvalue weighted by molar-refractivity contribution is 6.05. The quantitative estimate of drug-likeness (QED) is 0.756. The Balaban J connectivity index is 1.36. The number of fused-ring (bicyclic) bond motifs is 1. The monoisotopic (exact) mass is 408 g/mol. The van der Waals surface area contributed by atoms with Gasteiger partial charge in [0.1, 0.15) is 6.04 Å². The van der Waals surface area contributed by atoms with Gasteiger partial charge in [0.25, 0.3) is 5.91 Å². The summed E-state index contributed by atoms with van der Waals surface area (Å²) in [5, 5.41) is 11.0. The summed E-state index contributed by atoms with van der Waals surface area (Å²) in [5.74, 6) is -0.494. The lowest BCUT2D eigenvalue weighted by atomic mass is 9.96. The van der Waals surface area contributed by atoms with Crippen LogP contribution in [0.15, 0.2) is 24.4 Å². The fourth-order valence-electron chi connectivity index (χ4n) is 4.68. The number of carbonyl (C=O) groups is 3. The Kier molecular flexibility index (Phi) is 4.62. The number of benzene rings is 1. The molecule has 0 saturated carbocycles. The van der Waals surface area contributed by atoms with Crippen molar-refractivity contribution in [1.82, 2.24) is 30.1 Å². The van der Waals surface area contributed by atoms with E-state index in [9.17, 15) is 14.4 Å². The molecule has 1 aromatic heterocycles. The number of carbonyl (C=O) groups excluding carboxylic acids is 3. The number of nitrogens with zero attached hydrogens (tertiary/aromatic N) is 5. The van der Waals surface area contributed by atoms with E-state index in [4.69, 9.17) is 0 Å². The van der Waals surface area contributed by atoms with E-state index in [2.05, 4.69) is 27.6 Å². The molecular formula is C21H24N6O3. The molecule has 4 heterocycles. The molecule has 1 N–H and O–H groups in total. The predicted molar refractivity (Wildman–Crippen MR) is 107 cm³/mol. The molecule has 2 atom stereocenters. The average Bonchev–Trinajstić information content (AvgIpc) is 3.34. The van der Waals surface area contributed by atoms with Crippen molar-refractivity contribution in [3.8, 4) is 5.69 Å². The van der Waals surface area contributed by atoms with Crippen molar-refractivity contribution < 1.29 is 14.4 Å². The second-order valence-electron chi connectivity index (χ2n) is 8.43. The molecule has 2 unspecified atom stereocenters. The Bertz CT molecular complexity index is 1030. The van der Waals surface area contributed by atoms with Gasteiger partial charge in [-0.15, -0.1) is 5.10 Å². The van der Waals surface area contributed by atoms with Gasteiger partial charge in [-0.25, -0.2) is 4.68 Å². The van der Waals surface area contributed by atoms with Gasteiger partial charge in [0.2, 0.25) is 11.8 Å². The van der Waals surface area contributed by atoms with Crippen molar-refractivity contribution in [2.45, 2.75) is 44.2 Å². The van der Waals surface area contributed by atoms with Crippen LogP contribution in [0.1, 0.15) is 53.2 Å². The molecule has 3 amide bonds. The third-order valence-corrected chi connectivity index (χ3v) is 6.33. The first-order chi connectivity index (χ1) is 14.5. The molecule has 0 radical (unpaired) electrons. The van der Waals surface area contributed by atoms with Crippen LogP contribution in [0.5, 0.6) is 0 Å². The highest BCUT2D eigenvalue weighted by Crippen LogP contribution is 2.30. The van der Waals surface area contributed by atoms with Gasteiger partial charge < -0.3 is 9.80 Å². The molecule has 3 aliphatic heterocycles. The normalized spacial score (nSPS) is 24.8. The van der Waals surface area contributed by atoms with Crippen molar-refractivity contribution >= 4 is 17.7 Å². The Morgan fingerprint density at radius 1 is 1.17 bits per heavy atom. The molecule has 156 valence electrons. The molecule has 0 bridgehead atoms. The number of likely N-dealkylation sites (N-methyl/N-ethyl adjacent to an activating group) is 1. The first-order valence-electron chi connectivity index (χ1n) is 10.4. The van der Waals surface area contributed by atoms with E-state index in [0.717, 1.165) is 42.9 Å².